The van der Waals surface area contributed by atoms with Crippen LogP contribution >= 0.6 is 0 Å². The quantitative estimate of drug-likeness (QED) is 0.925. The number of ether oxygens (including phenoxy) is 1. The zero-order valence-corrected chi connectivity index (χ0v) is 12.1. The molecule has 0 saturated carbocycles. The van der Waals surface area contributed by atoms with Gasteiger partial charge in [0.05, 0.1) is 11.4 Å². The molecule has 0 atom stereocenters. The Morgan fingerprint density at radius 1 is 1.18 bits per heavy atom. The Morgan fingerprint density at radius 3 is 2.68 bits per heavy atom. The highest BCUT2D eigenvalue weighted by Crippen LogP contribution is 2.22. The van der Waals surface area contributed by atoms with Crippen molar-refractivity contribution in [2.45, 2.75) is 18.9 Å². The Labute approximate surface area is 128 Å². The van der Waals surface area contributed by atoms with Crippen molar-refractivity contribution in [3.63, 3.8) is 0 Å². The number of carbonyl (C=O) groups excluding carboxylic acids is 1. The third-order valence-electron chi connectivity index (χ3n) is 3.63. The number of amides is 1. The molecule has 0 unspecified atom stereocenters. The highest BCUT2D eigenvalue weighted by atomic mass is 16.6. The molecule has 114 valence electrons. The monoisotopic (exact) mass is 299 g/mol. The van der Waals surface area contributed by atoms with E-state index in [1.807, 2.05) is 24.3 Å². The number of carbonyl (C=O) groups is 1. The van der Waals surface area contributed by atoms with E-state index in [0.29, 0.717) is 0 Å². The summed E-state index contributed by atoms with van der Waals surface area (Å²) >= 11 is 0. The molecule has 2 aromatic rings. The lowest BCUT2D eigenvalue weighted by molar-refractivity contribution is 0.0911. The van der Waals surface area contributed by atoms with Gasteiger partial charge in [-0.15, -0.1) is 0 Å². The molecule has 1 amide bonds. The highest BCUT2D eigenvalue weighted by molar-refractivity contribution is 5.65. The second kappa shape index (κ2) is 6.38. The summed E-state index contributed by atoms with van der Waals surface area (Å²) in [5.41, 5.74) is 6.66. The summed E-state index contributed by atoms with van der Waals surface area (Å²) < 4.78 is 5.04. The van der Waals surface area contributed by atoms with Crippen LogP contribution in [0.5, 0.6) is 0 Å². The Balaban J connectivity index is 1.70. The molecule has 0 aliphatic carbocycles. The van der Waals surface area contributed by atoms with Gasteiger partial charge >= 0.3 is 6.09 Å². The fourth-order valence-electron chi connectivity index (χ4n) is 2.54. The molecule has 0 radical (unpaired) electrons. The van der Waals surface area contributed by atoms with Gasteiger partial charge in [-0.05, 0) is 12.1 Å². The van der Waals surface area contributed by atoms with Crippen LogP contribution in [0.2, 0.25) is 0 Å². The summed E-state index contributed by atoms with van der Waals surface area (Å²) in [6.45, 7) is 1.52. The summed E-state index contributed by atoms with van der Waals surface area (Å²) in [6.07, 6.45) is 3.95. The van der Waals surface area contributed by atoms with Crippen LogP contribution in [0, 0.1) is 0 Å². The van der Waals surface area contributed by atoms with E-state index in [1.165, 1.54) is 0 Å². The molecule has 2 aromatic heterocycles. The number of hydrogen-bond acceptors (Lipinski definition) is 6. The van der Waals surface area contributed by atoms with Gasteiger partial charge in [-0.3, -0.25) is 4.98 Å². The maximum atomic E-state index is 10.8. The maximum Gasteiger partial charge on any atom is 0.404 e. The van der Waals surface area contributed by atoms with Crippen LogP contribution in [-0.2, 0) is 4.74 Å². The lowest BCUT2D eigenvalue weighted by Crippen LogP contribution is -2.39. The number of rotatable bonds is 3. The van der Waals surface area contributed by atoms with Gasteiger partial charge < -0.3 is 15.4 Å². The zero-order chi connectivity index (χ0) is 15.4. The van der Waals surface area contributed by atoms with Crippen molar-refractivity contribution in [2.75, 3.05) is 18.0 Å². The van der Waals surface area contributed by atoms with Gasteiger partial charge in [-0.1, -0.05) is 6.07 Å². The molecule has 0 bridgehead atoms. The predicted octanol–water partition coefficient (Wildman–Crippen LogP) is 1.60. The summed E-state index contributed by atoms with van der Waals surface area (Å²) in [7, 11) is 0. The Morgan fingerprint density at radius 2 is 2.00 bits per heavy atom. The van der Waals surface area contributed by atoms with Gasteiger partial charge in [-0.2, -0.15) is 0 Å². The van der Waals surface area contributed by atoms with Gasteiger partial charge in [0.2, 0.25) is 0 Å². The Kier molecular flexibility index (Phi) is 4.13. The van der Waals surface area contributed by atoms with E-state index in [4.69, 9.17) is 10.5 Å². The van der Waals surface area contributed by atoms with Crippen LogP contribution in [0.4, 0.5) is 10.6 Å². The van der Waals surface area contributed by atoms with Crippen molar-refractivity contribution in [1.82, 2.24) is 15.0 Å². The number of pyridine rings is 1. The van der Waals surface area contributed by atoms with Crippen LogP contribution < -0.4 is 10.6 Å². The maximum absolute atomic E-state index is 10.8. The van der Waals surface area contributed by atoms with E-state index in [-0.39, 0.29) is 6.10 Å². The van der Waals surface area contributed by atoms with Gasteiger partial charge in [0, 0.05) is 38.2 Å². The molecule has 0 aromatic carbocycles. The number of hydrogen-bond donors (Lipinski definition) is 1. The number of aromatic nitrogens is 3. The molecule has 0 spiro atoms. The molecule has 1 saturated heterocycles. The average Bonchev–Trinajstić information content (AvgIpc) is 2.56. The fourth-order valence-corrected chi connectivity index (χ4v) is 2.54. The third-order valence-corrected chi connectivity index (χ3v) is 3.63. The van der Waals surface area contributed by atoms with Crippen molar-refractivity contribution in [3.05, 3.63) is 36.8 Å². The van der Waals surface area contributed by atoms with Gasteiger partial charge in [0.1, 0.15) is 18.2 Å². The molecule has 2 N–H and O–H groups in total. The molecular weight excluding hydrogens is 282 g/mol. The molecule has 1 aliphatic rings. The SMILES string of the molecule is NC(=O)OC1CCN(c2cc(-c3ccccn3)ncn2)CC1. The van der Waals surface area contributed by atoms with E-state index in [9.17, 15) is 4.79 Å². The van der Waals surface area contributed by atoms with E-state index in [2.05, 4.69) is 19.9 Å². The molecule has 3 heterocycles. The minimum absolute atomic E-state index is 0.106. The minimum Gasteiger partial charge on any atom is -0.446 e. The first-order valence-corrected chi connectivity index (χ1v) is 7.17. The standard InChI is InChI=1S/C15H17N5O2/c16-15(21)22-11-4-7-20(8-5-11)14-9-13(18-10-19-14)12-3-1-2-6-17-12/h1-3,6,9-11H,4-5,7-8H2,(H2,16,21). The largest absolute Gasteiger partial charge is 0.446 e. The molecular formula is C15H17N5O2. The summed E-state index contributed by atoms with van der Waals surface area (Å²) in [6, 6.07) is 7.64. The van der Waals surface area contributed by atoms with Crippen molar-refractivity contribution >= 4 is 11.9 Å². The summed E-state index contributed by atoms with van der Waals surface area (Å²) in [5, 5.41) is 0. The molecule has 3 rings (SSSR count). The zero-order valence-electron chi connectivity index (χ0n) is 12.1. The molecule has 7 heteroatoms. The molecule has 1 fully saturated rings. The first kappa shape index (κ1) is 14.2. The van der Waals surface area contributed by atoms with E-state index >= 15 is 0 Å². The fraction of sp³-hybridized carbons (Fsp3) is 0.333. The summed E-state index contributed by atoms with van der Waals surface area (Å²) in [5.74, 6) is 0.855. The van der Waals surface area contributed by atoms with Crippen molar-refractivity contribution < 1.29 is 9.53 Å². The number of piperidine rings is 1. The predicted molar refractivity (Wildman–Crippen MR) is 81.2 cm³/mol. The first-order chi connectivity index (χ1) is 10.7. The van der Waals surface area contributed by atoms with Crippen LogP contribution in [0.1, 0.15) is 12.8 Å². The smallest absolute Gasteiger partial charge is 0.404 e. The van der Waals surface area contributed by atoms with Crippen molar-refractivity contribution in [2.24, 2.45) is 5.73 Å². The van der Waals surface area contributed by atoms with Crippen molar-refractivity contribution in [3.8, 4) is 11.4 Å². The van der Waals surface area contributed by atoms with E-state index < -0.39 is 6.09 Å². The molecule has 22 heavy (non-hydrogen) atoms. The van der Waals surface area contributed by atoms with Crippen LogP contribution in [0.25, 0.3) is 11.4 Å². The van der Waals surface area contributed by atoms with Crippen molar-refractivity contribution in [1.29, 1.82) is 0 Å². The second-order valence-electron chi connectivity index (χ2n) is 5.10. The number of anilines is 1. The highest BCUT2D eigenvalue weighted by Gasteiger charge is 2.22. The molecule has 1 aliphatic heterocycles. The van der Waals surface area contributed by atoms with Crippen LogP contribution in [-0.4, -0.2) is 40.2 Å². The summed E-state index contributed by atoms with van der Waals surface area (Å²) in [4.78, 5) is 25.8. The lowest BCUT2D eigenvalue weighted by Gasteiger charge is -2.32. The average molecular weight is 299 g/mol. The van der Waals surface area contributed by atoms with E-state index in [1.54, 1.807) is 12.5 Å². The first-order valence-electron chi connectivity index (χ1n) is 7.17. The Hall–Kier alpha value is -2.70. The van der Waals surface area contributed by atoms with Crippen LogP contribution in [0.15, 0.2) is 36.8 Å². The number of nitrogens with zero attached hydrogens (tertiary/aromatic N) is 4. The minimum atomic E-state index is -0.710. The van der Waals surface area contributed by atoms with E-state index in [0.717, 1.165) is 43.1 Å². The number of nitrogens with two attached hydrogens (primary N) is 1. The second-order valence-corrected chi connectivity index (χ2v) is 5.10. The van der Waals surface area contributed by atoms with Gasteiger partial charge in [0.25, 0.3) is 0 Å². The number of primary amides is 1. The third kappa shape index (κ3) is 3.30. The molecule has 7 nitrogen and oxygen atoms in total. The van der Waals surface area contributed by atoms with Crippen LogP contribution in [0.3, 0.4) is 0 Å². The van der Waals surface area contributed by atoms with Gasteiger partial charge in [-0.25, -0.2) is 14.8 Å². The lowest BCUT2D eigenvalue weighted by atomic mass is 10.1. The normalized spacial score (nSPS) is 15.5. The van der Waals surface area contributed by atoms with Gasteiger partial charge in [0.15, 0.2) is 0 Å². The topological polar surface area (TPSA) is 94.2 Å². The Bertz CT molecular complexity index is 641.